The first-order valence-electron chi connectivity index (χ1n) is 15.4. The summed E-state index contributed by atoms with van der Waals surface area (Å²) in [5.74, 6) is 5.75. The van der Waals surface area contributed by atoms with E-state index in [0.29, 0.717) is 72.1 Å². The van der Waals surface area contributed by atoms with Gasteiger partial charge >= 0.3 is 0 Å². The van der Waals surface area contributed by atoms with Crippen LogP contribution in [0, 0.1) is 65.0 Å². The van der Waals surface area contributed by atoms with E-state index in [-0.39, 0.29) is 11.7 Å². The van der Waals surface area contributed by atoms with Crippen LogP contribution in [0.2, 0.25) is 0 Å². The molecule has 4 saturated carbocycles. The molecule has 3 nitrogen and oxygen atoms in total. The molecule has 1 aromatic carbocycles. The molecule has 0 bridgehead atoms. The molecule has 0 heterocycles. The van der Waals surface area contributed by atoms with E-state index in [1.54, 1.807) is 19.1 Å². The molecule has 0 radical (unpaired) electrons. The van der Waals surface area contributed by atoms with Gasteiger partial charge < -0.3 is 4.74 Å². The summed E-state index contributed by atoms with van der Waals surface area (Å²) in [7, 11) is 0. The second-order valence-corrected chi connectivity index (χ2v) is 12.9. The van der Waals surface area contributed by atoms with E-state index >= 15 is 0 Å². The summed E-state index contributed by atoms with van der Waals surface area (Å²) < 4.78 is 17.9. The van der Waals surface area contributed by atoms with Crippen molar-refractivity contribution in [3.8, 4) is 0 Å². The van der Waals surface area contributed by atoms with Crippen LogP contribution in [0.1, 0.15) is 64.9 Å². The first kappa shape index (κ1) is 28.8. The Balaban J connectivity index is 0.000000595. The number of halogens is 1. The van der Waals surface area contributed by atoms with E-state index in [0.717, 1.165) is 24.8 Å². The minimum atomic E-state index is -0.174. The Hall–Kier alpha value is -2.75. The molecule has 0 saturated heterocycles. The minimum Gasteiger partial charge on any atom is -0.468 e. The third-order valence-electron chi connectivity index (χ3n) is 10.7. The van der Waals surface area contributed by atoms with Gasteiger partial charge in [0.2, 0.25) is 0 Å². The Morgan fingerprint density at radius 3 is 2.58 bits per heavy atom. The van der Waals surface area contributed by atoms with Gasteiger partial charge in [0.15, 0.2) is 0 Å². The zero-order chi connectivity index (χ0) is 28.4. The van der Waals surface area contributed by atoms with Crippen molar-refractivity contribution in [2.75, 3.05) is 6.61 Å². The summed E-state index contributed by atoms with van der Waals surface area (Å²) >= 11 is 0. The number of hydrogen-bond acceptors (Lipinski definition) is 3. The van der Waals surface area contributed by atoms with E-state index in [4.69, 9.17) is 0 Å². The van der Waals surface area contributed by atoms with Gasteiger partial charge in [0.05, 0.1) is 6.61 Å². The van der Waals surface area contributed by atoms with E-state index in [1.165, 1.54) is 36.5 Å². The zero-order valence-electron chi connectivity index (χ0n) is 24.3. The van der Waals surface area contributed by atoms with Gasteiger partial charge in [-0.05, 0) is 122 Å². The molecule has 6 rings (SSSR count). The predicted octanol–water partition coefficient (Wildman–Crippen LogP) is 8.24. The van der Waals surface area contributed by atoms with E-state index in [1.807, 2.05) is 6.07 Å². The van der Waals surface area contributed by atoms with Gasteiger partial charge in [-0.3, -0.25) is 9.59 Å². The molecule has 0 aromatic heterocycles. The molecule has 0 aliphatic heterocycles. The Labute approximate surface area is 239 Å². The standard InChI is InChI=1S/C33H39FO.C3H6O2/c1-4-21-8-12-27-24(15-21)17-31-32(20(3)29-18-30(29)33(31)35)28(27)13-10-22-9-11-26(19(2)14-22)23-6-5-7-25(34)16-23;1-2-5-3-4/h4-7,9-11,13,16,19-21,24,27-32H,1,8,12,14-15,17-18H2,2-3H3;3H,2H2,1H3/b13-10+;/t19?,20-,21+,24-,27+,28+,29?,30?,31-,32-;/m0./s1. The summed E-state index contributed by atoms with van der Waals surface area (Å²) in [6, 6.07) is 6.96. The molecule has 214 valence electrons. The average molecular weight is 545 g/mol. The number of ketones is 1. The van der Waals surface area contributed by atoms with Gasteiger partial charge in [-0.15, -0.1) is 6.58 Å². The van der Waals surface area contributed by atoms with E-state index in [2.05, 4.69) is 55.5 Å². The zero-order valence-corrected chi connectivity index (χ0v) is 24.3. The highest BCUT2D eigenvalue weighted by atomic mass is 19.1. The number of rotatable bonds is 6. The Kier molecular flexibility index (Phi) is 8.92. The van der Waals surface area contributed by atoms with Crippen LogP contribution in [-0.4, -0.2) is 18.9 Å². The highest BCUT2D eigenvalue weighted by Gasteiger charge is 2.61. The molecule has 0 spiro atoms. The number of allylic oxidation sites excluding steroid dienone is 7. The molecule has 10 atom stereocenters. The van der Waals surface area contributed by atoms with Crippen LogP contribution >= 0.6 is 0 Å². The fourth-order valence-electron chi connectivity index (χ4n) is 8.70. The van der Waals surface area contributed by atoms with Crippen molar-refractivity contribution in [1.29, 1.82) is 0 Å². The molecule has 4 fully saturated rings. The van der Waals surface area contributed by atoms with E-state index in [9.17, 15) is 14.0 Å². The largest absolute Gasteiger partial charge is 0.468 e. The summed E-state index contributed by atoms with van der Waals surface area (Å²) in [5.41, 5.74) is 3.56. The maximum Gasteiger partial charge on any atom is 0.293 e. The number of ether oxygens (including phenoxy) is 1. The Bertz CT molecular complexity index is 1190. The van der Waals surface area contributed by atoms with Crippen LogP contribution < -0.4 is 0 Å². The fraction of sp³-hybridized carbons (Fsp3) is 0.556. The van der Waals surface area contributed by atoms with Crippen LogP contribution in [0.15, 0.2) is 66.8 Å². The second kappa shape index (κ2) is 12.4. The van der Waals surface area contributed by atoms with Crippen LogP contribution in [0.5, 0.6) is 0 Å². The first-order valence-corrected chi connectivity index (χ1v) is 15.4. The van der Waals surface area contributed by atoms with Crippen LogP contribution in [-0.2, 0) is 14.3 Å². The Morgan fingerprint density at radius 2 is 1.90 bits per heavy atom. The molecule has 1 aromatic rings. The van der Waals surface area contributed by atoms with Gasteiger partial charge in [0.1, 0.15) is 11.6 Å². The molecule has 5 aliphatic carbocycles. The van der Waals surface area contributed by atoms with Crippen LogP contribution in [0.25, 0.3) is 5.57 Å². The topological polar surface area (TPSA) is 43.4 Å². The molecule has 0 N–H and O–H groups in total. The van der Waals surface area contributed by atoms with Gasteiger partial charge in [-0.2, -0.15) is 0 Å². The summed E-state index contributed by atoms with van der Waals surface area (Å²) in [6.07, 6.45) is 18.5. The van der Waals surface area contributed by atoms with Crippen molar-refractivity contribution in [2.24, 2.45) is 59.2 Å². The predicted molar refractivity (Wildman–Crippen MR) is 158 cm³/mol. The van der Waals surface area contributed by atoms with Gasteiger partial charge in [0.25, 0.3) is 6.47 Å². The normalized spacial score (nSPS) is 38.0. The number of carbonyl (C=O) groups excluding carboxylic acids is 2. The Morgan fingerprint density at radius 1 is 1.07 bits per heavy atom. The number of fused-ring (bicyclic) bond motifs is 3. The molecule has 4 heteroatoms. The van der Waals surface area contributed by atoms with Gasteiger partial charge in [0, 0.05) is 11.8 Å². The van der Waals surface area contributed by atoms with Crippen molar-refractivity contribution in [3.63, 3.8) is 0 Å². The average Bonchev–Trinajstić information content (AvgIpc) is 3.76. The van der Waals surface area contributed by atoms with Crippen molar-refractivity contribution >= 4 is 17.8 Å². The van der Waals surface area contributed by atoms with E-state index < -0.39 is 0 Å². The number of carbonyl (C=O) groups is 2. The number of Topliss-reactive ketones (excluding diaryl/α,β-unsaturated/α-hetero) is 1. The first-order chi connectivity index (χ1) is 19.4. The highest BCUT2D eigenvalue weighted by molar-refractivity contribution is 5.87. The SMILES string of the molecule is C=C[C@@H]1CC[C@@H]2[C@@H](C1)C[C@@H]1C(=O)C3CC3[C@H](C)[C@H]1[C@@H]2/C=C/C1=CC=C(c2cccc(F)c2)C(C)C1.CCOC=O. The van der Waals surface area contributed by atoms with Gasteiger partial charge in [-0.25, -0.2) is 4.39 Å². The van der Waals surface area contributed by atoms with Crippen molar-refractivity contribution in [1.82, 2.24) is 0 Å². The third kappa shape index (κ3) is 5.83. The van der Waals surface area contributed by atoms with Crippen LogP contribution in [0.3, 0.4) is 0 Å². The van der Waals surface area contributed by atoms with Gasteiger partial charge in [-0.1, -0.05) is 56.4 Å². The monoisotopic (exact) mass is 544 g/mol. The lowest BCUT2D eigenvalue weighted by molar-refractivity contribution is -0.136. The third-order valence-corrected chi connectivity index (χ3v) is 10.7. The van der Waals surface area contributed by atoms with Crippen molar-refractivity contribution < 1.29 is 18.7 Å². The summed E-state index contributed by atoms with van der Waals surface area (Å²) in [6.45, 7) is 11.4. The summed E-state index contributed by atoms with van der Waals surface area (Å²) in [4.78, 5) is 22.6. The molecule has 3 unspecified atom stereocenters. The molecule has 5 aliphatic rings. The highest BCUT2D eigenvalue weighted by Crippen LogP contribution is 2.63. The number of benzene rings is 1. The quantitative estimate of drug-likeness (QED) is 0.268. The summed E-state index contributed by atoms with van der Waals surface area (Å²) in [5, 5.41) is 0. The molecule has 0 amide bonds. The lowest BCUT2D eigenvalue weighted by Crippen LogP contribution is -2.49. The molecule has 40 heavy (non-hydrogen) atoms. The lowest BCUT2D eigenvalue weighted by Gasteiger charge is -2.53. The maximum absolute atomic E-state index is 13.8. The lowest BCUT2D eigenvalue weighted by atomic mass is 9.51. The maximum atomic E-state index is 13.8. The smallest absolute Gasteiger partial charge is 0.293 e. The second-order valence-electron chi connectivity index (χ2n) is 12.9. The fourth-order valence-corrected chi connectivity index (χ4v) is 8.70. The van der Waals surface area contributed by atoms with Crippen LogP contribution in [0.4, 0.5) is 4.39 Å². The molecular weight excluding hydrogens is 499 g/mol. The minimum absolute atomic E-state index is 0.174. The molecular formula is C36H45FO3. The van der Waals surface area contributed by atoms with Crippen molar-refractivity contribution in [3.05, 3.63) is 78.2 Å². The number of hydrogen-bond donors (Lipinski definition) is 0. The van der Waals surface area contributed by atoms with Crippen molar-refractivity contribution in [2.45, 2.75) is 59.3 Å².